The molecule has 1 aromatic rings. The zero-order valence-electron chi connectivity index (χ0n) is 12.4. The van der Waals surface area contributed by atoms with Gasteiger partial charge in [-0.25, -0.2) is 8.42 Å². The van der Waals surface area contributed by atoms with Crippen LogP contribution in [-0.2, 0) is 9.84 Å². The van der Waals surface area contributed by atoms with Crippen molar-refractivity contribution in [2.24, 2.45) is 0 Å². The number of nitrogens with one attached hydrogen (secondary N) is 1. The van der Waals surface area contributed by atoms with E-state index in [0.717, 1.165) is 18.5 Å². The normalized spacial score (nSPS) is 26.8. The van der Waals surface area contributed by atoms with E-state index in [2.05, 4.69) is 5.32 Å². The summed E-state index contributed by atoms with van der Waals surface area (Å²) in [6, 6.07) is 3.53. The van der Waals surface area contributed by atoms with Crippen LogP contribution in [0.25, 0.3) is 0 Å². The Kier molecular flexibility index (Phi) is 3.84. The molecule has 0 aromatic heterocycles. The van der Waals surface area contributed by atoms with E-state index in [-0.39, 0.29) is 6.04 Å². The molecule has 2 unspecified atom stereocenters. The molecule has 2 aliphatic rings. The van der Waals surface area contributed by atoms with Gasteiger partial charge in [-0.05, 0) is 31.5 Å². The first kappa shape index (κ1) is 14.7. The summed E-state index contributed by atoms with van der Waals surface area (Å²) >= 11 is 0. The molecule has 0 radical (unpaired) electrons. The third-order valence-corrected chi connectivity index (χ3v) is 6.33. The first-order valence-electron chi connectivity index (χ1n) is 7.45. The van der Waals surface area contributed by atoms with Gasteiger partial charge in [-0.3, -0.25) is 0 Å². The molecule has 0 aliphatic carbocycles. The SMILES string of the molecule is CCNC1CC(C)S(=O)(=O)c2cc3c(cc21)OCCCO3. The minimum atomic E-state index is -3.29. The third kappa shape index (κ3) is 2.51. The Balaban J connectivity index is 2.15. The molecule has 116 valence electrons. The van der Waals surface area contributed by atoms with Crippen molar-refractivity contribution >= 4 is 9.84 Å². The van der Waals surface area contributed by atoms with Crippen LogP contribution < -0.4 is 14.8 Å². The Morgan fingerprint density at radius 3 is 2.57 bits per heavy atom. The monoisotopic (exact) mass is 311 g/mol. The number of sulfone groups is 1. The lowest BCUT2D eigenvalue weighted by atomic mass is 10.0. The Morgan fingerprint density at radius 1 is 1.24 bits per heavy atom. The number of hydrogen-bond donors (Lipinski definition) is 1. The molecule has 6 heteroatoms. The van der Waals surface area contributed by atoms with Crippen LogP contribution in [0.2, 0.25) is 0 Å². The van der Waals surface area contributed by atoms with Crippen LogP contribution in [0.15, 0.2) is 17.0 Å². The van der Waals surface area contributed by atoms with Gasteiger partial charge in [-0.15, -0.1) is 0 Å². The molecule has 5 nitrogen and oxygen atoms in total. The van der Waals surface area contributed by atoms with Crippen molar-refractivity contribution in [2.75, 3.05) is 19.8 Å². The average molecular weight is 311 g/mol. The van der Waals surface area contributed by atoms with Gasteiger partial charge in [0, 0.05) is 18.5 Å². The fourth-order valence-corrected chi connectivity index (χ4v) is 4.65. The number of ether oxygens (including phenoxy) is 2. The van der Waals surface area contributed by atoms with E-state index >= 15 is 0 Å². The van der Waals surface area contributed by atoms with Crippen molar-refractivity contribution in [3.05, 3.63) is 17.7 Å². The van der Waals surface area contributed by atoms with Gasteiger partial charge < -0.3 is 14.8 Å². The smallest absolute Gasteiger partial charge is 0.181 e. The molecular formula is C15H21NO4S. The first-order valence-corrected chi connectivity index (χ1v) is 8.99. The van der Waals surface area contributed by atoms with Crippen LogP contribution >= 0.6 is 0 Å². The summed E-state index contributed by atoms with van der Waals surface area (Å²) in [7, 11) is -3.29. The highest BCUT2D eigenvalue weighted by molar-refractivity contribution is 7.92. The van der Waals surface area contributed by atoms with Gasteiger partial charge in [0.2, 0.25) is 0 Å². The molecule has 0 saturated carbocycles. The average Bonchev–Trinajstić information content (AvgIpc) is 2.68. The predicted octanol–water partition coefficient (Wildman–Crippen LogP) is 2.06. The second kappa shape index (κ2) is 5.50. The van der Waals surface area contributed by atoms with E-state index in [4.69, 9.17) is 9.47 Å². The molecule has 21 heavy (non-hydrogen) atoms. The summed E-state index contributed by atoms with van der Waals surface area (Å²) < 4.78 is 36.5. The minimum Gasteiger partial charge on any atom is -0.490 e. The fourth-order valence-electron chi connectivity index (χ4n) is 2.97. The highest BCUT2D eigenvalue weighted by atomic mass is 32.2. The van der Waals surface area contributed by atoms with Gasteiger partial charge in [-0.2, -0.15) is 0 Å². The molecule has 2 aliphatic heterocycles. The fraction of sp³-hybridized carbons (Fsp3) is 0.600. The molecule has 0 bridgehead atoms. The summed E-state index contributed by atoms with van der Waals surface area (Å²) in [5, 5.41) is 2.98. The Hall–Kier alpha value is -1.27. The zero-order chi connectivity index (χ0) is 15.0. The Labute approximate surface area is 125 Å². The molecule has 1 N–H and O–H groups in total. The van der Waals surface area contributed by atoms with E-state index in [1.165, 1.54) is 0 Å². The van der Waals surface area contributed by atoms with Gasteiger partial charge in [0.1, 0.15) is 0 Å². The summed E-state index contributed by atoms with van der Waals surface area (Å²) in [5.74, 6) is 1.19. The lowest BCUT2D eigenvalue weighted by Crippen LogP contribution is -2.34. The number of rotatable bonds is 2. The van der Waals surface area contributed by atoms with Crippen molar-refractivity contribution in [1.82, 2.24) is 5.32 Å². The largest absolute Gasteiger partial charge is 0.490 e. The molecule has 2 heterocycles. The summed E-state index contributed by atoms with van der Waals surface area (Å²) in [5.41, 5.74) is 0.805. The van der Waals surface area contributed by atoms with Gasteiger partial charge in [0.25, 0.3) is 0 Å². The third-order valence-electron chi connectivity index (χ3n) is 4.11. The van der Waals surface area contributed by atoms with Crippen LogP contribution in [0.5, 0.6) is 11.5 Å². The molecule has 0 amide bonds. The number of hydrogen-bond acceptors (Lipinski definition) is 5. The second-order valence-corrected chi connectivity index (χ2v) is 7.92. The van der Waals surface area contributed by atoms with Crippen LogP contribution in [0, 0.1) is 0 Å². The molecule has 2 atom stereocenters. The summed E-state index contributed by atoms with van der Waals surface area (Å²) in [6.07, 6.45) is 1.39. The highest BCUT2D eigenvalue weighted by Crippen LogP contribution is 2.42. The standard InChI is InChI=1S/C15H21NO4S/c1-3-16-12-7-10(2)21(17,18)15-9-14-13(8-11(12)15)19-5-4-6-20-14/h8-10,12,16H,3-7H2,1-2H3. The van der Waals surface area contributed by atoms with Crippen molar-refractivity contribution in [3.63, 3.8) is 0 Å². The van der Waals surface area contributed by atoms with E-state index in [9.17, 15) is 8.42 Å². The predicted molar refractivity (Wildman–Crippen MR) is 79.7 cm³/mol. The maximum absolute atomic E-state index is 12.6. The van der Waals surface area contributed by atoms with Crippen molar-refractivity contribution < 1.29 is 17.9 Å². The van der Waals surface area contributed by atoms with Crippen molar-refractivity contribution in [2.45, 2.75) is 42.9 Å². The molecule has 0 fully saturated rings. The summed E-state index contributed by atoms with van der Waals surface area (Å²) in [6.45, 7) is 5.74. The molecular weight excluding hydrogens is 290 g/mol. The lowest BCUT2D eigenvalue weighted by molar-refractivity contribution is 0.296. The van der Waals surface area contributed by atoms with E-state index in [0.29, 0.717) is 36.0 Å². The molecule has 1 aromatic carbocycles. The maximum Gasteiger partial charge on any atom is 0.181 e. The maximum atomic E-state index is 12.6. The molecule has 0 spiro atoms. The van der Waals surface area contributed by atoms with E-state index in [1.807, 2.05) is 13.0 Å². The van der Waals surface area contributed by atoms with Crippen LogP contribution in [0.3, 0.4) is 0 Å². The minimum absolute atomic E-state index is 0.0423. The second-order valence-electron chi connectivity index (χ2n) is 5.59. The number of benzene rings is 1. The van der Waals surface area contributed by atoms with Crippen molar-refractivity contribution in [1.29, 1.82) is 0 Å². The quantitative estimate of drug-likeness (QED) is 0.906. The van der Waals surface area contributed by atoms with Crippen LogP contribution in [-0.4, -0.2) is 33.4 Å². The topological polar surface area (TPSA) is 64.6 Å². The van der Waals surface area contributed by atoms with E-state index in [1.54, 1.807) is 13.0 Å². The first-order chi connectivity index (χ1) is 10.0. The van der Waals surface area contributed by atoms with Crippen LogP contribution in [0.1, 0.15) is 38.3 Å². The zero-order valence-corrected chi connectivity index (χ0v) is 13.2. The lowest BCUT2D eigenvalue weighted by Gasteiger charge is -2.31. The van der Waals surface area contributed by atoms with Crippen molar-refractivity contribution in [3.8, 4) is 11.5 Å². The van der Waals surface area contributed by atoms with Gasteiger partial charge in [0.05, 0.1) is 23.4 Å². The Morgan fingerprint density at radius 2 is 1.90 bits per heavy atom. The van der Waals surface area contributed by atoms with Crippen LogP contribution in [0.4, 0.5) is 0 Å². The summed E-state index contributed by atoms with van der Waals surface area (Å²) in [4.78, 5) is 0.386. The van der Waals surface area contributed by atoms with Gasteiger partial charge >= 0.3 is 0 Å². The molecule has 0 saturated heterocycles. The van der Waals surface area contributed by atoms with Gasteiger partial charge in [-0.1, -0.05) is 6.92 Å². The van der Waals surface area contributed by atoms with Gasteiger partial charge in [0.15, 0.2) is 21.3 Å². The molecule has 3 rings (SSSR count). The Bertz CT molecular complexity index is 641. The van der Waals surface area contributed by atoms with E-state index < -0.39 is 15.1 Å². The number of fused-ring (bicyclic) bond motifs is 2. The highest BCUT2D eigenvalue weighted by Gasteiger charge is 2.37.